The largest absolute Gasteiger partial charge is 0.744 e. The van der Waals surface area contributed by atoms with Gasteiger partial charge in [-0.15, -0.1) is 0 Å². The molecule has 27 heavy (non-hydrogen) atoms. The van der Waals surface area contributed by atoms with Crippen LogP contribution in [0.25, 0.3) is 0 Å². The zero-order valence-corrected chi connectivity index (χ0v) is 22.2. The van der Waals surface area contributed by atoms with Crippen LogP contribution >= 0.6 is 67.8 Å². The van der Waals surface area contributed by atoms with E-state index in [1.165, 1.54) is 6.07 Å². The predicted molar refractivity (Wildman–Crippen MR) is 129 cm³/mol. The minimum Gasteiger partial charge on any atom is -0.744 e. The van der Waals surface area contributed by atoms with Crippen molar-refractivity contribution in [1.29, 1.82) is 0 Å². The van der Waals surface area contributed by atoms with Gasteiger partial charge >= 0.3 is 0 Å². The lowest BCUT2D eigenvalue weighted by Crippen LogP contribution is -2.12. The van der Waals surface area contributed by atoms with Crippen LogP contribution in [0.15, 0.2) is 29.2 Å². The molecule has 0 radical (unpaired) electrons. The molecule has 0 unspecified atom stereocenters. The first-order chi connectivity index (χ1) is 12.5. The van der Waals surface area contributed by atoms with E-state index in [0.29, 0.717) is 30.1 Å². The standard InChI is InChI=1S/C18H19I3O5S/c1-10(2)13-9-16(11(3)6-17(13)27(22,23)24)25-4-5-26-18-14(20)7-12(19)8-15(18)21/h6-10H,4-5H2,1-3H3,(H,22,23,24)/p-1. The highest BCUT2D eigenvalue weighted by molar-refractivity contribution is 14.1. The maximum Gasteiger partial charge on any atom is 0.146 e. The summed E-state index contributed by atoms with van der Waals surface area (Å²) in [5.74, 6) is 1.27. The lowest BCUT2D eigenvalue weighted by molar-refractivity contribution is 0.214. The van der Waals surface area contributed by atoms with Gasteiger partial charge in [0.2, 0.25) is 0 Å². The van der Waals surface area contributed by atoms with Crippen LogP contribution in [0.5, 0.6) is 11.5 Å². The van der Waals surface area contributed by atoms with E-state index in [4.69, 9.17) is 9.47 Å². The van der Waals surface area contributed by atoms with Gasteiger partial charge in [-0.05, 0) is 116 Å². The third-order valence-corrected chi connectivity index (χ3v) is 6.87. The Morgan fingerprint density at radius 1 is 1.00 bits per heavy atom. The molecule has 9 heteroatoms. The Balaban J connectivity index is 2.12. The minimum absolute atomic E-state index is 0.113. The maximum atomic E-state index is 11.5. The minimum atomic E-state index is -4.52. The molecule has 2 rings (SSSR count). The normalized spacial score (nSPS) is 11.7. The van der Waals surface area contributed by atoms with Crippen molar-refractivity contribution in [2.45, 2.75) is 31.6 Å². The fourth-order valence-electron chi connectivity index (χ4n) is 2.46. The zero-order valence-electron chi connectivity index (χ0n) is 14.9. The predicted octanol–water partition coefficient (Wildman–Crippen LogP) is 5.29. The maximum absolute atomic E-state index is 11.5. The number of aryl methyl sites for hydroxylation is 1. The summed E-state index contributed by atoms with van der Waals surface area (Å²) in [5.41, 5.74) is 1.07. The Morgan fingerprint density at radius 3 is 2.07 bits per heavy atom. The average molecular weight is 727 g/mol. The van der Waals surface area contributed by atoms with Crippen LogP contribution in [0.3, 0.4) is 0 Å². The van der Waals surface area contributed by atoms with Crippen molar-refractivity contribution < 1.29 is 22.4 Å². The molecular formula is C18H18I3O5S-. The Hall–Kier alpha value is 0.140. The summed E-state index contributed by atoms with van der Waals surface area (Å²) in [6.45, 7) is 6.06. The molecule has 0 saturated heterocycles. The number of ether oxygens (including phenoxy) is 2. The van der Waals surface area contributed by atoms with Gasteiger partial charge in [-0.1, -0.05) is 13.8 Å². The second-order valence-corrected chi connectivity index (χ2v) is 11.1. The molecule has 0 heterocycles. The molecule has 0 N–H and O–H groups in total. The zero-order chi connectivity index (χ0) is 20.4. The third kappa shape index (κ3) is 6.31. The first kappa shape index (κ1) is 23.4. The van der Waals surface area contributed by atoms with E-state index >= 15 is 0 Å². The molecule has 0 aromatic heterocycles. The van der Waals surface area contributed by atoms with E-state index < -0.39 is 10.1 Å². The molecule has 0 aliphatic heterocycles. The van der Waals surface area contributed by atoms with E-state index in [0.717, 1.165) is 16.5 Å². The fourth-order valence-corrected chi connectivity index (χ4v) is 7.26. The Bertz CT molecular complexity index is 919. The van der Waals surface area contributed by atoms with E-state index in [1.54, 1.807) is 13.0 Å². The van der Waals surface area contributed by atoms with E-state index in [1.807, 2.05) is 26.0 Å². The van der Waals surface area contributed by atoms with E-state index in [9.17, 15) is 13.0 Å². The second-order valence-electron chi connectivity index (χ2n) is 6.16. The van der Waals surface area contributed by atoms with Crippen LogP contribution in [0.2, 0.25) is 0 Å². The summed E-state index contributed by atoms with van der Waals surface area (Å²) in [7, 11) is -4.52. The van der Waals surface area contributed by atoms with Crippen LogP contribution in [0.4, 0.5) is 0 Å². The molecule has 2 aromatic rings. The van der Waals surface area contributed by atoms with Gasteiger partial charge in [-0.2, -0.15) is 0 Å². The van der Waals surface area contributed by atoms with Gasteiger partial charge in [0.05, 0.1) is 12.0 Å². The first-order valence-corrected chi connectivity index (χ1v) is 12.7. The van der Waals surface area contributed by atoms with E-state index in [2.05, 4.69) is 67.8 Å². The van der Waals surface area contributed by atoms with Crippen LogP contribution in [0, 0.1) is 17.6 Å². The molecule has 0 atom stereocenters. The van der Waals surface area contributed by atoms with Crippen LogP contribution in [-0.4, -0.2) is 26.2 Å². The van der Waals surface area contributed by atoms with Crippen molar-refractivity contribution in [2.24, 2.45) is 0 Å². The second kappa shape index (κ2) is 9.76. The average Bonchev–Trinajstić information content (AvgIpc) is 2.52. The molecule has 0 bridgehead atoms. The summed E-state index contributed by atoms with van der Waals surface area (Å²) in [6, 6.07) is 7.11. The summed E-state index contributed by atoms with van der Waals surface area (Å²) >= 11 is 6.75. The lowest BCUT2D eigenvalue weighted by Gasteiger charge is -2.19. The van der Waals surface area contributed by atoms with Gasteiger partial charge < -0.3 is 14.0 Å². The smallest absolute Gasteiger partial charge is 0.146 e. The monoisotopic (exact) mass is 727 g/mol. The summed E-state index contributed by atoms with van der Waals surface area (Å²) < 4.78 is 49.4. The molecule has 148 valence electrons. The number of rotatable bonds is 7. The van der Waals surface area contributed by atoms with Gasteiger partial charge in [0.25, 0.3) is 0 Å². The molecular weight excluding hydrogens is 709 g/mol. The lowest BCUT2D eigenvalue weighted by atomic mass is 10.0. The summed E-state index contributed by atoms with van der Waals surface area (Å²) in [4.78, 5) is -0.179. The van der Waals surface area contributed by atoms with E-state index in [-0.39, 0.29) is 10.8 Å². The third-order valence-electron chi connectivity index (χ3n) is 3.75. The molecule has 5 nitrogen and oxygen atoms in total. The van der Waals surface area contributed by atoms with Gasteiger partial charge in [-0.3, -0.25) is 0 Å². The fraction of sp³-hybridized carbons (Fsp3) is 0.333. The summed E-state index contributed by atoms with van der Waals surface area (Å²) in [5, 5.41) is 0. The topological polar surface area (TPSA) is 75.7 Å². The molecule has 0 saturated carbocycles. The van der Waals surface area contributed by atoms with Gasteiger partial charge in [0.1, 0.15) is 34.8 Å². The highest BCUT2D eigenvalue weighted by Gasteiger charge is 2.16. The first-order valence-electron chi connectivity index (χ1n) is 8.01. The molecule has 0 amide bonds. The molecule has 0 aliphatic rings. The highest BCUT2D eigenvalue weighted by atomic mass is 127. The van der Waals surface area contributed by atoms with Crippen LogP contribution < -0.4 is 9.47 Å². The number of benzene rings is 2. The summed E-state index contributed by atoms with van der Waals surface area (Å²) in [6.07, 6.45) is 0. The number of hydrogen-bond acceptors (Lipinski definition) is 5. The van der Waals surface area contributed by atoms with Crippen LogP contribution in [-0.2, 0) is 10.1 Å². The van der Waals surface area contributed by atoms with Crippen molar-refractivity contribution >= 4 is 77.9 Å². The van der Waals surface area contributed by atoms with Crippen LogP contribution in [0.1, 0.15) is 30.9 Å². The number of hydrogen-bond donors (Lipinski definition) is 0. The van der Waals surface area contributed by atoms with Crippen molar-refractivity contribution in [3.05, 3.63) is 46.1 Å². The van der Waals surface area contributed by atoms with Gasteiger partial charge in [-0.25, -0.2) is 8.42 Å². The van der Waals surface area contributed by atoms with Gasteiger partial charge in [0.15, 0.2) is 0 Å². The highest BCUT2D eigenvalue weighted by Crippen LogP contribution is 2.32. The number of halogens is 3. The van der Waals surface area contributed by atoms with Crippen molar-refractivity contribution in [3.63, 3.8) is 0 Å². The van der Waals surface area contributed by atoms with Gasteiger partial charge in [0, 0.05) is 3.57 Å². The molecule has 0 aliphatic carbocycles. The Morgan fingerprint density at radius 2 is 1.56 bits per heavy atom. The molecule has 0 spiro atoms. The molecule has 2 aromatic carbocycles. The van der Waals surface area contributed by atoms with Crippen molar-refractivity contribution in [3.8, 4) is 11.5 Å². The Kier molecular flexibility index (Phi) is 8.47. The molecule has 0 fully saturated rings. The quantitative estimate of drug-likeness (QED) is 0.220. The SMILES string of the molecule is Cc1cc(S(=O)(=O)[O-])c(C(C)C)cc1OCCOc1c(I)cc(I)cc1I. The Labute approximate surface area is 200 Å². The van der Waals surface area contributed by atoms with Crippen molar-refractivity contribution in [2.75, 3.05) is 13.2 Å². The van der Waals surface area contributed by atoms with Crippen molar-refractivity contribution in [1.82, 2.24) is 0 Å².